The second kappa shape index (κ2) is 10.9. The molecular weight excluding hydrogens is 312 g/mol. The van der Waals surface area contributed by atoms with Gasteiger partial charge in [-0.25, -0.2) is 0 Å². The van der Waals surface area contributed by atoms with Crippen molar-refractivity contribution in [1.82, 2.24) is 16.0 Å². The van der Waals surface area contributed by atoms with Gasteiger partial charge < -0.3 is 26.8 Å². The zero-order valence-electron chi connectivity index (χ0n) is 12.5. The summed E-state index contributed by atoms with van der Waals surface area (Å²) < 4.78 is 0. The standard InChI is InChI=1S/C12H22N4O5S/c1-7(11(20)14-6-10(18)19)15-12(21)8(3-4-22-2)16-9(17)5-13/h7-8H,3-6,13H2,1-2H3,(H,14,20)(H,15,21)(H,16,17)(H,18,19)/t7-,8-/m0/s1. The molecule has 9 nitrogen and oxygen atoms in total. The molecule has 126 valence electrons. The average molecular weight is 334 g/mol. The van der Waals surface area contributed by atoms with E-state index in [9.17, 15) is 19.2 Å². The molecule has 0 rings (SSSR count). The Kier molecular flexibility index (Phi) is 9.96. The fraction of sp³-hybridized carbons (Fsp3) is 0.667. The van der Waals surface area contributed by atoms with E-state index in [4.69, 9.17) is 10.8 Å². The second-order valence-electron chi connectivity index (χ2n) is 4.45. The number of nitrogens with two attached hydrogens (primary N) is 1. The maximum Gasteiger partial charge on any atom is 0.322 e. The minimum Gasteiger partial charge on any atom is -0.480 e. The van der Waals surface area contributed by atoms with E-state index < -0.39 is 42.3 Å². The number of carbonyl (C=O) groups excluding carboxylic acids is 3. The first-order chi connectivity index (χ1) is 10.3. The summed E-state index contributed by atoms with van der Waals surface area (Å²) in [4.78, 5) is 45.4. The Morgan fingerprint density at radius 3 is 2.32 bits per heavy atom. The maximum absolute atomic E-state index is 12.1. The highest BCUT2D eigenvalue weighted by atomic mass is 32.2. The Labute approximate surface area is 132 Å². The third kappa shape index (κ3) is 8.47. The quantitative estimate of drug-likeness (QED) is 0.307. The van der Waals surface area contributed by atoms with Gasteiger partial charge in [-0.05, 0) is 25.4 Å². The molecule has 3 amide bonds. The Morgan fingerprint density at radius 1 is 1.18 bits per heavy atom. The van der Waals surface area contributed by atoms with Crippen molar-refractivity contribution in [3.05, 3.63) is 0 Å². The van der Waals surface area contributed by atoms with Crippen LogP contribution in [0.5, 0.6) is 0 Å². The predicted octanol–water partition coefficient (Wildman–Crippen LogP) is -2.11. The summed E-state index contributed by atoms with van der Waals surface area (Å²) in [5, 5.41) is 15.5. The number of carbonyl (C=O) groups is 4. The minimum absolute atomic E-state index is 0.238. The first-order valence-electron chi connectivity index (χ1n) is 6.60. The van der Waals surface area contributed by atoms with Crippen molar-refractivity contribution < 1.29 is 24.3 Å². The van der Waals surface area contributed by atoms with Crippen molar-refractivity contribution in [2.45, 2.75) is 25.4 Å². The van der Waals surface area contributed by atoms with E-state index in [1.807, 2.05) is 6.26 Å². The zero-order valence-corrected chi connectivity index (χ0v) is 13.4. The van der Waals surface area contributed by atoms with Crippen LogP contribution in [-0.4, -0.2) is 66.0 Å². The summed E-state index contributed by atoms with van der Waals surface area (Å²) in [6, 6.07) is -1.71. The molecule has 6 N–H and O–H groups in total. The number of aliphatic carboxylic acids is 1. The number of nitrogens with one attached hydrogen (secondary N) is 3. The third-order valence-electron chi connectivity index (χ3n) is 2.61. The Morgan fingerprint density at radius 2 is 1.82 bits per heavy atom. The number of carboxylic acid groups (broad SMARTS) is 1. The van der Waals surface area contributed by atoms with E-state index in [1.54, 1.807) is 0 Å². The molecule has 0 aromatic rings. The van der Waals surface area contributed by atoms with Crippen LogP contribution in [0.1, 0.15) is 13.3 Å². The van der Waals surface area contributed by atoms with Crippen LogP contribution < -0.4 is 21.7 Å². The molecule has 10 heteroatoms. The molecule has 0 heterocycles. The van der Waals surface area contributed by atoms with Gasteiger partial charge in [-0.15, -0.1) is 0 Å². The van der Waals surface area contributed by atoms with Gasteiger partial charge in [-0.3, -0.25) is 19.2 Å². The highest BCUT2D eigenvalue weighted by molar-refractivity contribution is 7.98. The molecule has 0 saturated heterocycles. The molecule has 0 unspecified atom stereocenters. The molecule has 0 spiro atoms. The smallest absolute Gasteiger partial charge is 0.322 e. The summed E-state index contributed by atoms with van der Waals surface area (Å²) in [5.74, 6) is -2.15. The van der Waals surface area contributed by atoms with Gasteiger partial charge in [0, 0.05) is 0 Å². The Balaban J connectivity index is 4.54. The van der Waals surface area contributed by atoms with Crippen LogP contribution in [-0.2, 0) is 19.2 Å². The number of hydrogen-bond donors (Lipinski definition) is 5. The Hall–Kier alpha value is -1.81. The summed E-state index contributed by atoms with van der Waals surface area (Å²) in [7, 11) is 0. The lowest BCUT2D eigenvalue weighted by Crippen LogP contribution is -2.54. The Bertz CT molecular complexity index is 418. The first kappa shape index (κ1) is 20.2. The van der Waals surface area contributed by atoms with E-state index >= 15 is 0 Å². The van der Waals surface area contributed by atoms with Crippen LogP contribution in [0.25, 0.3) is 0 Å². The minimum atomic E-state index is -1.18. The average Bonchev–Trinajstić information content (AvgIpc) is 2.48. The van der Waals surface area contributed by atoms with Gasteiger partial charge in [0.15, 0.2) is 0 Å². The van der Waals surface area contributed by atoms with Gasteiger partial charge >= 0.3 is 5.97 Å². The molecule has 0 aliphatic rings. The summed E-state index contributed by atoms with van der Waals surface area (Å²) in [6.45, 7) is 0.655. The van der Waals surface area contributed by atoms with E-state index in [0.29, 0.717) is 12.2 Å². The number of amides is 3. The topological polar surface area (TPSA) is 151 Å². The predicted molar refractivity (Wildman–Crippen MR) is 82.2 cm³/mol. The van der Waals surface area contributed by atoms with Crippen LogP contribution in [0, 0.1) is 0 Å². The van der Waals surface area contributed by atoms with E-state index in [2.05, 4.69) is 16.0 Å². The van der Waals surface area contributed by atoms with Crippen molar-refractivity contribution in [2.24, 2.45) is 5.73 Å². The maximum atomic E-state index is 12.1. The molecule has 0 saturated carbocycles. The normalized spacial score (nSPS) is 12.9. The monoisotopic (exact) mass is 334 g/mol. The van der Waals surface area contributed by atoms with Crippen molar-refractivity contribution in [2.75, 3.05) is 25.1 Å². The first-order valence-corrected chi connectivity index (χ1v) is 7.99. The van der Waals surface area contributed by atoms with Gasteiger partial charge in [-0.1, -0.05) is 0 Å². The third-order valence-corrected chi connectivity index (χ3v) is 3.26. The molecule has 0 radical (unpaired) electrons. The zero-order chi connectivity index (χ0) is 17.1. The molecule has 0 aliphatic carbocycles. The molecule has 0 aromatic heterocycles. The van der Waals surface area contributed by atoms with Gasteiger partial charge in [0.25, 0.3) is 0 Å². The largest absolute Gasteiger partial charge is 0.480 e. The van der Waals surface area contributed by atoms with Crippen molar-refractivity contribution in [3.63, 3.8) is 0 Å². The van der Waals surface area contributed by atoms with Gasteiger partial charge in [0.2, 0.25) is 17.7 Å². The van der Waals surface area contributed by atoms with E-state index in [1.165, 1.54) is 18.7 Å². The van der Waals surface area contributed by atoms with Crippen molar-refractivity contribution in [3.8, 4) is 0 Å². The van der Waals surface area contributed by atoms with Crippen LogP contribution in [0.3, 0.4) is 0 Å². The fourth-order valence-electron chi connectivity index (χ4n) is 1.45. The fourth-order valence-corrected chi connectivity index (χ4v) is 1.92. The van der Waals surface area contributed by atoms with E-state index in [0.717, 1.165) is 0 Å². The van der Waals surface area contributed by atoms with Gasteiger partial charge in [0.1, 0.15) is 18.6 Å². The highest BCUT2D eigenvalue weighted by Crippen LogP contribution is 2.01. The number of hydrogen-bond acceptors (Lipinski definition) is 6. The van der Waals surface area contributed by atoms with Crippen LogP contribution in [0.4, 0.5) is 0 Å². The van der Waals surface area contributed by atoms with Gasteiger partial charge in [-0.2, -0.15) is 11.8 Å². The lowest BCUT2D eigenvalue weighted by Gasteiger charge is -2.20. The number of carboxylic acids is 1. The lowest BCUT2D eigenvalue weighted by molar-refractivity contribution is -0.138. The molecule has 0 bridgehead atoms. The van der Waals surface area contributed by atoms with Crippen molar-refractivity contribution >= 4 is 35.5 Å². The van der Waals surface area contributed by atoms with Gasteiger partial charge in [0.05, 0.1) is 6.54 Å². The van der Waals surface area contributed by atoms with Crippen LogP contribution in [0.2, 0.25) is 0 Å². The summed E-state index contributed by atoms with van der Waals surface area (Å²) in [6.07, 6.45) is 2.25. The number of rotatable bonds is 10. The molecule has 0 fully saturated rings. The highest BCUT2D eigenvalue weighted by Gasteiger charge is 2.23. The van der Waals surface area contributed by atoms with Crippen LogP contribution in [0.15, 0.2) is 0 Å². The summed E-state index contributed by atoms with van der Waals surface area (Å²) >= 11 is 1.51. The molecule has 22 heavy (non-hydrogen) atoms. The second-order valence-corrected chi connectivity index (χ2v) is 5.43. The summed E-state index contributed by atoms with van der Waals surface area (Å²) in [5.41, 5.74) is 5.20. The van der Waals surface area contributed by atoms with E-state index in [-0.39, 0.29) is 6.54 Å². The lowest BCUT2D eigenvalue weighted by atomic mass is 10.2. The number of thioether (sulfide) groups is 1. The molecule has 2 atom stereocenters. The SMILES string of the molecule is CSCC[C@H](NC(=O)CN)C(=O)N[C@@H](C)C(=O)NCC(=O)O. The van der Waals surface area contributed by atoms with Crippen LogP contribution >= 0.6 is 11.8 Å². The van der Waals surface area contributed by atoms with Crippen molar-refractivity contribution in [1.29, 1.82) is 0 Å². The molecular formula is C12H22N4O5S. The molecule has 0 aromatic carbocycles. The molecule has 0 aliphatic heterocycles.